The summed E-state index contributed by atoms with van der Waals surface area (Å²) < 4.78 is 29.4. The molecule has 0 spiro atoms. The van der Waals surface area contributed by atoms with Gasteiger partial charge in [0, 0.05) is 21.1 Å². The van der Waals surface area contributed by atoms with E-state index >= 15 is 0 Å². The van der Waals surface area contributed by atoms with Gasteiger partial charge in [0.05, 0.1) is 12.4 Å². The van der Waals surface area contributed by atoms with Crippen LogP contribution in [-0.4, -0.2) is 20.8 Å². The van der Waals surface area contributed by atoms with E-state index in [1.165, 1.54) is 0 Å². The van der Waals surface area contributed by atoms with Crippen molar-refractivity contribution in [2.45, 2.75) is 5.92 Å². The zero-order chi connectivity index (χ0) is 15.3. The van der Waals surface area contributed by atoms with Gasteiger partial charge in [-0.15, -0.1) is 0 Å². The fourth-order valence-electron chi connectivity index (χ4n) is 1.93. The third kappa shape index (κ3) is 5.69. The van der Waals surface area contributed by atoms with E-state index in [0.29, 0.717) is 5.75 Å². The highest BCUT2D eigenvalue weighted by Gasteiger charge is 2.19. The second-order valence-corrected chi connectivity index (χ2v) is 8.32. The molecule has 0 radical (unpaired) electrons. The average molecular weight is 390 g/mol. The molecule has 0 heterocycles. The van der Waals surface area contributed by atoms with Crippen molar-refractivity contribution < 1.29 is 13.2 Å². The number of rotatable bonds is 6. The summed E-state index contributed by atoms with van der Waals surface area (Å²) in [5.74, 6) is 0.221. The molecule has 0 aliphatic heterocycles. The van der Waals surface area contributed by atoms with Gasteiger partial charge in [-0.05, 0) is 29.8 Å². The third-order valence-corrected chi connectivity index (χ3v) is 4.64. The Kier molecular flexibility index (Phi) is 5.67. The monoisotopic (exact) mass is 388 g/mol. The van der Waals surface area contributed by atoms with Crippen LogP contribution in [0.5, 0.6) is 5.75 Å². The van der Waals surface area contributed by atoms with E-state index < -0.39 is 9.05 Å². The van der Waals surface area contributed by atoms with Gasteiger partial charge in [-0.25, -0.2) is 8.42 Å². The van der Waals surface area contributed by atoms with Gasteiger partial charge in [0.1, 0.15) is 5.75 Å². The van der Waals surface area contributed by atoms with Crippen LogP contribution in [0, 0.1) is 0 Å². The van der Waals surface area contributed by atoms with Crippen molar-refractivity contribution in [3.8, 4) is 5.75 Å². The number of hydrogen-bond donors (Lipinski definition) is 0. The topological polar surface area (TPSA) is 43.4 Å². The molecule has 2 aromatic carbocycles. The van der Waals surface area contributed by atoms with Gasteiger partial charge in [0.25, 0.3) is 0 Å². The van der Waals surface area contributed by atoms with Crippen molar-refractivity contribution in [3.05, 3.63) is 64.6 Å². The lowest BCUT2D eigenvalue weighted by Gasteiger charge is -2.17. The Bertz CT molecular complexity index is 672. The molecule has 112 valence electrons. The normalized spacial score (nSPS) is 12.9. The number of ether oxygens (including phenoxy) is 1. The third-order valence-electron chi connectivity index (χ3n) is 2.94. The fraction of sp³-hybridized carbons (Fsp3) is 0.200. The summed E-state index contributed by atoms with van der Waals surface area (Å²) in [7, 11) is 1.79. The SMILES string of the molecule is O=S(=O)(Cl)CC(COc1ccc(Br)cc1)c1ccccc1. The summed E-state index contributed by atoms with van der Waals surface area (Å²) in [4.78, 5) is 0. The molecule has 2 rings (SSSR count). The Hall–Kier alpha value is -1.04. The Labute approximate surface area is 137 Å². The maximum atomic E-state index is 11.4. The minimum Gasteiger partial charge on any atom is -0.493 e. The quantitative estimate of drug-likeness (QED) is 0.696. The molecule has 0 amide bonds. The van der Waals surface area contributed by atoms with Crippen LogP contribution in [0.1, 0.15) is 11.5 Å². The van der Waals surface area contributed by atoms with Crippen LogP contribution < -0.4 is 4.74 Å². The highest BCUT2D eigenvalue weighted by atomic mass is 79.9. The largest absolute Gasteiger partial charge is 0.493 e. The second kappa shape index (κ2) is 7.29. The summed E-state index contributed by atoms with van der Waals surface area (Å²) in [6, 6.07) is 16.7. The van der Waals surface area contributed by atoms with Gasteiger partial charge in [0.15, 0.2) is 0 Å². The fourth-order valence-corrected chi connectivity index (χ4v) is 3.42. The molecule has 0 bridgehead atoms. The molecule has 0 saturated carbocycles. The lowest BCUT2D eigenvalue weighted by atomic mass is 10.0. The predicted molar refractivity (Wildman–Crippen MR) is 88.5 cm³/mol. The van der Waals surface area contributed by atoms with Crippen molar-refractivity contribution in [2.24, 2.45) is 0 Å². The van der Waals surface area contributed by atoms with Gasteiger partial charge in [0.2, 0.25) is 9.05 Å². The van der Waals surface area contributed by atoms with E-state index in [1.807, 2.05) is 54.6 Å². The molecule has 0 aliphatic rings. The lowest BCUT2D eigenvalue weighted by molar-refractivity contribution is 0.296. The molecule has 0 aliphatic carbocycles. The molecule has 6 heteroatoms. The molecule has 0 saturated heterocycles. The lowest BCUT2D eigenvalue weighted by Crippen LogP contribution is -2.18. The Morgan fingerprint density at radius 2 is 1.67 bits per heavy atom. The van der Waals surface area contributed by atoms with E-state index in [2.05, 4.69) is 15.9 Å². The maximum Gasteiger partial charge on any atom is 0.233 e. The Morgan fingerprint density at radius 1 is 1.05 bits per heavy atom. The predicted octanol–water partition coefficient (Wildman–Crippen LogP) is 4.18. The first-order valence-electron chi connectivity index (χ1n) is 6.30. The second-order valence-electron chi connectivity index (χ2n) is 4.58. The zero-order valence-electron chi connectivity index (χ0n) is 11.1. The van der Waals surface area contributed by atoms with E-state index in [-0.39, 0.29) is 18.3 Å². The first-order chi connectivity index (χ1) is 9.94. The van der Waals surface area contributed by atoms with Crippen LogP contribution >= 0.6 is 26.6 Å². The van der Waals surface area contributed by atoms with Gasteiger partial charge >= 0.3 is 0 Å². The van der Waals surface area contributed by atoms with E-state index in [1.54, 1.807) is 0 Å². The maximum absolute atomic E-state index is 11.4. The smallest absolute Gasteiger partial charge is 0.233 e. The molecule has 21 heavy (non-hydrogen) atoms. The summed E-state index contributed by atoms with van der Waals surface area (Å²) in [5, 5.41) is 0. The highest BCUT2D eigenvalue weighted by molar-refractivity contribution is 9.10. The number of hydrogen-bond acceptors (Lipinski definition) is 3. The molecule has 0 fully saturated rings. The van der Waals surface area contributed by atoms with Crippen LogP contribution in [0.3, 0.4) is 0 Å². The summed E-state index contributed by atoms with van der Waals surface area (Å²) in [5.41, 5.74) is 0.888. The molecule has 0 N–H and O–H groups in total. The van der Waals surface area contributed by atoms with Crippen molar-refractivity contribution >= 4 is 35.7 Å². The van der Waals surface area contributed by atoms with Gasteiger partial charge in [-0.2, -0.15) is 0 Å². The number of benzene rings is 2. The van der Waals surface area contributed by atoms with Gasteiger partial charge in [-0.1, -0.05) is 46.3 Å². The first-order valence-corrected chi connectivity index (χ1v) is 9.57. The summed E-state index contributed by atoms with van der Waals surface area (Å²) >= 11 is 3.35. The molecular formula is C15H14BrClO3S. The standard InChI is InChI=1S/C15H14BrClO3S/c16-14-6-8-15(9-7-14)20-10-13(11-21(17,18)19)12-4-2-1-3-5-12/h1-9,13H,10-11H2. The van der Waals surface area contributed by atoms with Crippen LogP contribution in [0.4, 0.5) is 0 Å². The highest BCUT2D eigenvalue weighted by Crippen LogP contribution is 2.22. The van der Waals surface area contributed by atoms with Crippen LogP contribution in [-0.2, 0) is 9.05 Å². The van der Waals surface area contributed by atoms with Gasteiger partial charge < -0.3 is 4.74 Å². The van der Waals surface area contributed by atoms with Crippen molar-refractivity contribution in [1.29, 1.82) is 0 Å². The van der Waals surface area contributed by atoms with Crippen LogP contribution in [0.15, 0.2) is 59.1 Å². The summed E-state index contributed by atoms with van der Waals surface area (Å²) in [6.45, 7) is 0.248. The molecule has 2 aromatic rings. The van der Waals surface area contributed by atoms with E-state index in [0.717, 1.165) is 10.0 Å². The van der Waals surface area contributed by atoms with Crippen molar-refractivity contribution in [1.82, 2.24) is 0 Å². The van der Waals surface area contributed by atoms with Gasteiger partial charge in [-0.3, -0.25) is 0 Å². The van der Waals surface area contributed by atoms with Crippen molar-refractivity contribution in [2.75, 3.05) is 12.4 Å². The van der Waals surface area contributed by atoms with E-state index in [4.69, 9.17) is 15.4 Å². The molecular weight excluding hydrogens is 376 g/mol. The average Bonchev–Trinajstić information content (AvgIpc) is 2.45. The zero-order valence-corrected chi connectivity index (χ0v) is 14.2. The minimum absolute atomic E-state index is 0.158. The summed E-state index contributed by atoms with van der Waals surface area (Å²) in [6.07, 6.45) is 0. The number of halogens is 2. The Morgan fingerprint density at radius 3 is 2.24 bits per heavy atom. The van der Waals surface area contributed by atoms with Crippen LogP contribution in [0.2, 0.25) is 0 Å². The molecule has 1 atom stereocenters. The first kappa shape index (κ1) is 16.3. The Balaban J connectivity index is 2.11. The van der Waals surface area contributed by atoms with E-state index in [9.17, 15) is 8.42 Å². The minimum atomic E-state index is -3.60. The van der Waals surface area contributed by atoms with Crippen LogP contribution in [0.25, 0.3) is 0 Å². The molecule has 3 nitrogen and oxygen atoms in total. The van der Waals surface area contributed by atoms with Crippen molar-refractivity contribution in [3.63, 3.8) is 0 Å². The molecule has 0 aromatic heterocycles. The molecule has 1 unspecified atom stereocenters.